The molecule has 96 valence electrons. The summed E-state index contributed by atoms with van der Waals surface area (Å²) in [6.07, 6.45) is 3.50. The molecule has 0 radical (unpaired) electrons. The van der Waals surface area contributed by atoms with Crippen LogP contribution in [-0.2, 0) is 7.05 Å². The zero-order chi connectivity index (χ0) is 13.4. The standard InChI is InChI=1S/C13H14N6/c1-8-9(7-16-17-8)12-11(13(14)19(2)18-12)10-5-3-4-6-15-10/h3-7H,14H2,1-2H3,(H,16,17). The lowest BCUT2D eigenvalue weighted by atomic mass is 10.1. The molecule has 0 aromatic carbocycles. The summed E-state index contributed by atoms with van der Waals surface area (Å²) >= 11 is 0. The fraction of sp³-hybridized carbons (Fsp3) is 0.154. The van der Waals surface area contributed by atoms with E-state index in [0.29, 0.717) is 5.82 Å². The van der Waals surface area contributed by atoms with Crippen LogP contribution in [0.5, 0.6) is 0 Å². The number of pyridine rings is 1. The number of aromatic nitrogens is 5. The van der Waals surface area contributed by atoms with Crippen LogP contribution in [-0.4, -0.2) is 25.0 Å². The van der Waals surface area contributed by atoms with E-state index in [-0.39, 0.29) is 0 Å². The van der Waals surface area contributed by atoms with E-state index in [1.54, 1.807) is 17.1 Å². The Kier molecular flexibility index (Phi) is 2.56. The Morgan fingerprint density at radius 3 is 2.79 bits per heavy atom. The molecule has 0 unspecified atom stereocenters. The van der Waals surface area contributed by atoms with Crippen LogP contribution in [0.2, 0.25) is 0 Å². The van der Waals surface area contributed by atoms with Gasteiger partial charge in [0.05, 0.1) is 17.5 Å². The molecule has 0 fully saturated rings. The first-order valence-electron chi connectivity index (χ1n) is 5.92. The highest BCUT2D eigenvalue weighted by Gasteiger charge is 2.20. The minimum atomic E-state index is 0.592. The van der Waals surface area contributed by atoms with Crippen LogP contribution in [0.1, 0.15) is 5.69 Å². The van der Waals surface area contributed by atoms with Crippen molar-refractivity contribution >= 4 is 5.82 Å². The van der Waals surface area contributed by atoms with Gasteiger partial charge in [0.15, 0.2) is 0 Å². The van der Waals surface area contributed by atoms with E-state index in [1.165, 1.54) is 0 Å². The van der Waals surface area contributed by atoms with E-state index in [9.17, 15) is 0 Å². The number of aromatic amines is 1. The molecule has 0 aliphatic heterocycles. The molecule has 3 rings (SSSR count). The predicted molar refractivity (Wildman–Crippen MR) is 73.2 cm³/mol. The first kappa shape index (κ1) is 11.5. The van der Waals surface area contributed by atoms with Crippen molar-refractivity contribution in [2.75, 3.05) is 5.73 Å². The fourth-order valence-corrected chi connectivity index (χ4v) is 2.08. The summed E-state index contributed by atoms with van der Waals surface area (Å²) in [7, 11) is 1.82. The van der Waals surface area contributed by atoms with Crippen molar-refractivity contribution in [2.24, 2.45) is 7.05 Å². The summed E-state index contributed by atoms with van der Waals surface area (Å²) in [5.41, 5.74) is 10.5. The summed E-state index contributed by atoms with van der Waals surface area (Å²) in [6, 6.07) is 5.73. The minimum absolute atomic E-state index is 0.592. The Balaban J connectivity index is 2.28. The molecule has 0 saturated heterocycles. The lowest BCUT2D eigenvalue weighted by molar-refractivity contribution is 0.782. The van der Waals surface area contributed by atoms with E-state index in [0.717, 1.165) is 28.2 Å². The van der Waals surface area contributed by atoms with E-state index >= 15 is 0 Å². The van der Waals surface area contributed by atoms with Crippen LogP contribution >= 0.6 is 0 Å². The van der Waals surface area contributed by atoms with Crippen molar-refractivity contribution in [2.45, 2.75) is 6.92 Å². The number of hydrogen-bond acceptors (Lipinski definition) is 4. The summed E-state index contributed by atoms with van der Waals surface area (Å²) in [6.45, 7) is 1.95. The van der Waals surface area contributed by atoms with Gasteiger partial charge in [-0.15, -0.1) is 0 Å². The van der Waals surface area contributed by atoms with Gasteiger partial charge in [0.1, 0.15) is 11.5 Å². The summed E-state index contributed by atoms with van der Waals surface area (Å²) in [5, 5.41) is 11.4. The van der Waals surface area contributed by atoms with Crippen LogP contribution < -0.4 is 5.73 Å². The number of nitrogens with one attached hydrogen (secondary N) is 1. The zero-order valence-corrected chi connectivity index (χ0v) is 10.8. The molecule has 3 aromatic heterocycles. The average molecular weight is 254 g/mol. The Morgan fingerprint density at radius 2 is 2.16 bits per heavy atom. The van der Waals surface area contributed by atoms with E-state index in [2.05, 4.69) is 20.3 Å². The second-order valence-electron chi connectivity index (χ2n) is 4.36. The van der Waals surface area contributed by atoms with Gasteiger partial charge in [-0.05, 0) is 19.1 Å². The molecule has 0 saturated carbocycles. The SMILES string of the molecule is Cc1[nH]ncc1-c1nn(C)c(N)c1-c1ccccn1. The quantitative estimate of drug-likeness (QED) is 0.729. The Labute approximate surface area is 110 Å². The molecular formula is C13H14N6. The molecule has 3 aromatic rings. The fourth-order valence-electron chi connectivity index (χ4n) is 2.08. The predicted octanol–water partition coefficient (Wildman–Crippen LogP) is 1.76. The second-order valence-corrected chi connectivity index (χ2v) is 4.36. The topological polar surface area (TPSA) is 85.4 Å². The highest BCUT2D eigenvalue weighted by Crippen LogP contribution is 2.35. The van der Waals surface area contributed by atoms with Gasteiger partial charge in [-0.3, -0.25) is 14.8 Å². The third-order valence-electron chi connectivity index (χ3n) is 3.10. The normalized spacial score (nSPS) is 10.8. The smallest absolute Gasteiger partial charge is 0.131 e. The lowest BCUT2D eigenvalue weighted by Crippen LogP contribution is -1.98. The van der Waals surface area contributed by atoms with Crippen molar-refractivity contribution in [3.63, 3.8) is 0 Å². The van der Waals surface area contributed by atoms with Crippen molar-refractivity contribution < 1.29 is 0 Å². The molecule has 6 nitrogen and oxygen atoms in total. The lowest BCUT2D eigenvalue weighted by Gasteiger charge is -2.02. The monoisotopic (exact) mass is 254 g/mol. The Hall–Kier alpha value is -2.63. The number of nitrogens with two attached hydrogens (primary N) is 1. The van der Waals surface area contributed by atoms with E-state index in [1.807, 2.05) is 32.2 Å². The van der Waals surface area contributed by atoms with Crippen molar-refractivity contribution in [3.05, 3.63) is 36.3 Å². The highest BCUT2D eigenvalue weighted by molar-refractivity contribution is 5.86. The summed E-state index contributed by atoms with van der Waals surface area (Å²) in [4.78, 5) is 4.36. The highest BCUT2D eigenvalue weighted by atomic mass is 15.3. The number of nitrogens with zero attached hydrogens (tertiary/aromatic N) is 4. The molecular weight excluding hydrogens is 240 g/mol. The maximum Gasteiger partial charge on any atom is 0.131 e. The molecule has 6 heteroatoms. The molecule has 3 heterocycles. The number of nitrogen functional groups attached to an aromatic ring is 1. The maximum absolute atomic E-state index is 6.12. The largest absolute Gasteiger partial charge is 0.383 e. The van der Waals surface area contributed by atoms with Crippen LogP contribution in [0.15, 0.2) is 30.6 Å². The summed E-state index contributed by atoms with van der Waals surface area (Å²) in [5.74, 6) is 0.592. The first-order valence-corrected chi connectivity index (χ1v) is 5.92. The maximum atomic E-state index is 6.12. The van der Waals surface area contributed by atoms with Crippen LogP contribution in [0.4, 0.5) is 5.82 Å². The van der Waals surface area contributed by atoms with Crippen LogP contribution in [0, 0.1) is 6.92 Å². The molecule has 3 N–H and O–H groups in total. The molecule has 19 heavy (non-hydrogen) atoms. The molecule has 0 amide bonds. The van der Waals surface area contributed by atoms with E-state index < -0.39 is 0 Å². The molecule has 0 atom stereocenters. The Bertz CT molecular complexity index is 710. The number of rotatable bonds is 2. The van der Waals surface area contributed by atoms with Gasteiger partial charge in [0.2, 0.25) is 0 Å². The van der Waals surface area contributed by atoms with Gasteiger partial charge in [-0.2, -0.15) is 10.2 Å². The average Bonchev–Trinajstić information content (AvgIpc) is 2.96. The summed E-state index contributed by atoms with van der Waals surface area (Å²) < 4.78 is 1.66. The van der Waals surface area contributed by atoms with Crippen molar-refractivity contribution in [3.8, 4) is 22.5 Å². The molecule has 0 aliphatic carbocycles. The second kappa shape index (κ2) is 4.24. The third-order valence-corrected chi connectivity index (χ3v) is 3.10. The third kappa shape index (κ3) is 1.77. The van der Waals surface area contributed by atoms with Crippen molar-refractivity contribution in [1.29, 1.82) is 0 Å². The van der Waals surface area contributed by atoms with Gasteiger partial charge in [-0.1, -0.05) is 6.07 Å². The van der Waals surface area contributed by atoms with Gasteiger partial charge in [-0.25, -0.2) is 0 Å². The van der Waals surface area contributed by atoms with Gasteiger partial charge in [0.25, 0.3) is 0 Å². The Morgan fingerprint density at radius 1 is 1.32 bits per heavy atom. The zero-order valence-electron chi connectivity index (χ0n) is 10.8. The molecule has 0 bridgehead atoms. The van der Waals surface area contributed by atoms with Crippen molar-refractivity contribution in [1.82, 2.24) is 25.0 Å². The molecule has 0 spiro atoms. The van der Waals surface area contributed by atoms with Crippen LogP contribution in [0.3, 0.4) is 0 Å². The first-order chi connectivity index (χ1) is 9.18. The number of aryl methyl sites for hydroxylation is 2. The van der Waals surface area contributed by atoms with Gasteiger partial charge < -0.3 is 5.73 Å². The van der Waals surface area contributed by atoms with Crippen LogP contribution in [0.25, 0.3) is 22.5 Å². The number of anilines is 1. The van der Waals surface area contributed by atoms with E-state index in [4.69, 9.17) is 5.73 Å². The number of hydrogen-bond donors (Lipinski definition) is 2. The molecule has 0 aliphatic rings. The minimum Gasteiger partial charge on any atom is -0.383 e. The van der Waals surface area contributed by atoms with Gasteiger partial charge in [0, 0.05) is 24.5 Å². The van der Waals surface area contributed by atoms with Gasteiger partial charge >= 0.3 is 0 Å². The number of H-pyrrole nitrogens is 1.